The van der Waals surface area contributed by atoms with Crippen molar-refractivity contribution in [2.45, 2.75) is 25.7 Å². The standard InChI is InChI=1S/C26H26FN3O2/c27-23-7-2-1-6-22(23)21-10-8-19(9-11-21)16-26(25(28)32)12-4-14-30(18-26)24(31)15-20-5-3-13-29-17-20/h1-3,5-11,13,17H,4,12,14-16,18H2,(H2,28,32)/t26-/m0/s1. The second kappa shape index (κ2) is 9.30. The van der Waals surface area contributed by atoms with Gasteiger partial charge in [0.05, 0.1) is 11.8 Å². The van der Waals surface area contributed by atoms with Gasteiger partial charge in [-0.05, 0) is 48.1 Å². The van der Waals surface area contributed by atoms with Crippen LogP contribution in [0.4, 0.5) is 4.39 Å². The monoisotopic (exact) mass is 431 g/mol. The van der Waals surface area contributed by atoms with Crippen LogP contribution in [-0.2, 0) is 22.4 Å². The van der Waals surface area contributed by atoms with Crippen molar-refractivity contribution >= 4 is 11.8 Å². The van der Waals surface area contributed by atoms with Gasteiger partial charge in [-0.25, -0.2) is 4.39 Å². The number of benzene rings is 2. The Kier molecular flexibility index (Phi) is 6.30. The van der Waals surface area contributed by atoms with Gasteiger partial charge in [0.15, 0.2) is 0 Å². The largest absolute Gasteiger partial charge is 0.369 e. The summed E-state index contributed by atoms with van der Waals surface area (Å²) in [6, 6.07) is 17.8. The van der Waals surface area contributed by atoms with Gasteiger partial charge in [0.1, 0.15) is 5.82 Å². The molecule has 164 valence electrons. The molecule has 32 heavy (non-hydrogen) atoms. The first-order valence-corrected chi connectivity index (χ1v) is 10.8. The zero-order valence-corrected chi connectivity index (χ0v) is 17.8. The van der Waals surface area contributed by atoms with E-state index < -0.39 is 11.3 Å². The third kappa shape index (κ3) is 4.69. The molecule has 1 aliphatic heterocycles. The molecule has 3 aromatic rings. The zero-order valence-electron chi connectivity index (χ0n) is 17.8. The molecular formula is C26H26FN3O2. The molecule has 4 rings (SSSR count). The third-order valence-electron chi connectivity index (χ3n) is 6.21. The van der Waals surface area contributed by atoms with Crippen LogP contribution in [0.2, 0.25) is 0 Å². The molecule has 1 atom stereocenters. The predicted octanol–water partition coefficient (Wildman–Crippen LogP) is 3.77. The molecule has 6 heteroatoms. The maximum absolute atomic E-state index is 14.1. The van der Waals surface area contributed by atoms with Gasteiger partial charge in [-0.15, -0.1) is 0 Å². The normalized spacial score (nSPS) is 18.3. The Morgan fingerprint density at radius 1 is 1.03 bits per heavy atom. The number of carbonyl (C=O) groups excluding carboxylic acids is 2. The Morgan fingerprint density at radius 3 is 2.50 bits per heavy atom. The van der Waals surface area contributed by atoms with Gasteiger partial charge in [-0.1, -0.05) is 48.5 Å². The number of aromatic nitrogens is 1. The van der Waals surface area contributed by atoms with E-state index in [1.165, 1.54) is 6.07 Å². The molecule has 2 heterocycles. The Bertz CT molecular complexity index is 1100. The van der Waals surface area contributed by atoms with Gasteiger partial charge in [0, 0.05) is 31.0 Å². The Labute approximate surface area is 187 Å². The molecule has 1 saturated heterocycles. The number of hydrogen-bond acceptors (Lipinski definition) is 3. The smallest absolute Gasteiger partial charge is 0.227 e. The quantitative estimate of drug-likeness (QED) is 0.646. The summed E-state index contributed by atoms with van der Waals surface area (Å²) in [4.78, 5) is 31.2. The van der Waals surface area contributed by atoms with Crippen LogP contribution in [0.1, 0.15) is 24.0 Å². The number of rotatable bonds is 6. The van der Waals surface area contributed by atoms with E-state index in [0.29, 0.717) is 31.5 Å². The molecule has 1 fully saturated rings. The third-order valence-corrected chi connectivity index (χ3v) is 6.21. The zero-order chi connectivity index (χ0) is 22.6. The van der Waals surface area contributed by atoms with Crippen LogP contribution < -0.4 is 5.73 Å². The lowest BCUT2D eigenvalue weighted by atomic mass is 9.74. The van der Waals surface area contributed by atoms with Crippen LogP contribution in [-0.4, -0.2) is 34.8 Å². The summed E-state index contributed by atoms with van der Waals surface area (Å²) in [7, 11) is 0. The number of pyridine rings is 1. The van der Waals surface area contributed by atoms with Crippen LogP contribution >= 0.6 is 0 Å². The van der Waals surface area contributed by atoms with Crippen molar-refractivity contribution in [1.82, 2.24) is 9.88 Å². The Balaban J connectivity index is 1.50. The minimum atomic E-state index is -0.817. The van der Waals surface area contributed by atoms with Crippen molar-refractivity contribution in [3.05, 3.63) is 90.0 Å². The number of likely N-dealkylation sites (tertiary alicyclic amines) is 1. The van der Waals surface area contributed by atoms with Crippen molar-refractivity contribution in [2.24, 2.45) is 11.1 Å². The number of nitrogens with two attached hydrogens (primary N) is 1. The fourth-order valence-corrected chi connectivity index (χ4v) is 4.45. The van der Waals surface area contributed by atoms with Crippen LogP contribution in [0.3, 0.4) is 0 Å². The minimum Gasteiger partial charge on any atom is -0.369 e. The molecule has 1 aromatic heterocycles. The molecule has 2 N–H and O–H groups in total. The predicted molar refractivity (Wildman–Crippen MR) is 121 cm³/mol. The van der Waals surface area contributed by atoms with Gasteiger partial charge in [-0.3, -0.25) is 14.6 Å². The summed E-state index contributed by atoms with van der Waals surface area (Å²) in [5.74, 6) is -0.698. The summed E-state index contributed by atoms with van der Waals surface area (Å²) < 4.78 is 14.1. The molecule has 5 nitrogen and oxygen atoms in total. The average Bonchev–Trinajstić information content (AvgIpc) is 2.81. The Morgan fingerprint density at radius 2 is 1.81 bits per heavy atom. The number of primary amides is 1. The first-order valence-electron chi connectivity index (χ1n) is 10.8. The summed E-state index contributed by atoms with van der Waals surface area (Å²) in [6.07, 6.45) is 5.39. The van der Waals surface area contributed by atoms with E-state index in [0.717, 1.165) is 23.1 Å². The second-order valence-corrected chi connectivity index (χ2v) is 8.46. The van der Waals surface area contributed by atoms with Gasteiger partial charge in [0.2, 0.25) is 11.8 Å². The lowest BCUT2D eigenvalue weighted by Gasteiger charge is -2.41. The van der Waals surface area contributed by atoms with E-state index in [4.69, 9.17) is 5.73 Å². The number of amides is 2. The average molecular weight is 432 g/mol. The van der Waals surface area contributed by atoms with Gasteiger partial charge in [-0.2, -0.15) is 0 Å². The fraction of sp³-hybridized carbons (Fsp3) is 0.269. The number of nitrogens with zero attached hydrogens (tertiary/aromatic N) is 2. The van der Waals surface area contributed by atoms with E-state index in [2.05, 4.69) is 4.98 Å². The maximum Gasteiger partial charge on any atom is 0.227 e. The number of piperidine rings is 1. The molecule has 2 aromatic carbocycles. The van der Waals surface area contributed by atoms with Crippen molar-refractivity contribution in [1.29, 1.82) is 0 Å². The second-order valence-electron chi connectivity index (χ2n) is 8.46. The Hall–Kier alpha value is -3.54. The molecule has 0 radical (unpaired) electrons. The molecule has 0 saturated carbocycles. The van der Waals surface area contributed by atoms with E-state index in [1.54, 1.807) is 41.6 Å². The van der Waals surface area contributed by atoms with E-state index in [1.807, 2.05) is 30.3 Å². The van der Waals surface area contributed by atoms with Crippen molar-refractivity contribution in [3.8, 4) is 11.1 Å². The highest BCUT2D eigenvalue weighted by molar-refractivity contribution is 5.84. The maximum atomic E-state index is 14.1. The minimum absolute atomic E-state index is 0.0294. The van der Waals surface area contributed by atoms with Crippen molar-refractivity contribution in [2.75, 3.05) is 13.1 Å². The topological polar surface area (TPSA) is 76.3 Å². The van der Waals surface area contributed by atoms with Crippen LogP contribution in [0.25, 0.3) is 11.1 Å². The van der Waals surface area contributed by atoms with Gasteiger partial charge < -0.3 is 10.6 Å². The lowest BCUT2D eigenvalue weighted by molar-refractivity contribution is -0.139. The van der Waals surface area contributed by atoms with Crippen LogP contribution in [0, 0.1) is 11.2 Å². The number of hydrogen-bond donors (Lipinski definition) is 1. The first kappa shape index (κ1) is 21.7. The van der Waals surface area contributed by atoms with Crippen molar-refractivity contribution in [3.63, 3.8) is 0 Å². The highest BCUT2D eigenvalue weighted by Gasteiger charge is 2.42. The molecule has 0 aliphatic carbocycles. The molecule has 0 bridgehead atoms. The molecular weight excluding hydrogens is 405 g/mol. The van der Waals surface area contributed by atoms with E-state index >= 15 is 0 Å². The number of carbonyl (C=O) groups is 2. The number of halogens is 1. The fourth-order valence-electron chi connectivity index (χ4n) is 4.45. The molecule has 0 spiro atoms. The molecule has 0 unspecified atom stereocenters. The van der Waals surface area contributed by atoms with E-state index in [9.17, 15) is 14.0 Å². The summed E-state index contributed by atoms with van der Waals surface area (Å²) >= 11 is 0. The van der Waals surface area contributed by atoms with Crippen LogP contribution in [0.5, 0.6) is 0 Å². The van der Waals surface area contributed by atoms with Crippen molar-refractivity contribution < 1.29 is 14.0 Å². The lowest BCUT2D eigenvalue weighted by Crippen LogP contribution is -2.53. The SMILES string of the molecule is NC(=O)[C@]1(Cc2ccc(-c3ccccc3F)cc2)CCCN(C(=O)Cc2cccnc2)C1. The first-order chi connectivity index (χ1) is 15.5. The summed E-state index contributed by atoms with van der Waals surface area (Å²) in [6.45, 7) is 0.914. The summed E-state index contributed by atoms with van der Waals surface area (Å²) in [5.41, 5.74) is 8.14. The summed E-state index contributed by atoms with van der Waals surface area (Å²) in [5, 5.41) is 0. The molecule has 2 amide bonds. The van der Waals surface area contributed by atoms with Gasteiger partial charge in [0.25, 0.3) is 0 Å². The van der Waals surface area contributed by atoms with Crippen LogP contribution in [0.15, 0.2) is 73.1 Å². The highest BCUT2D eigenvalue weighted by Crippen LogP contribution is 2.34. The van der Waals surface area contributed by atoms with E-state index in [-0.39, 0.29) is 18.1 Å². The highest BCUT2D eigenvalue weighted by atomic mass is 19.1. The van der Waals surface area contributed by atoms with Gasteiger partial charge >= 0.3 is 0 Å². The molecule has 1 aliphatic rings.